The molecule has 4 rings (SSSR count). The van der Waals surface area contributed by atoms with Gasteiger partial charge in [-0.2, -0.15) is 0 Å². The van der Waals surface area contributed by atoms with Gasteiger partial charge in [0.1, 0.15) is 0 Å². The van der Waals surface area contributed by atoms with E-state index in [9.17, 15) is 9.59 Å². The van der Waals surface area contributed by atoms with E-state index in [4.69, 9.17) is 0 Å². The Morgan fingerprint density at radius 1 is 1.08 bits per heavy atom. The fourth-order valence-corrected chi connectivity index (χ4v) is 5.61. The molecular formula is C20H26N2O2S. The van der Waals surface area contributed by atoms with Gasteiger partial charge >= 0.3 is 0 Å². The highest BCUT2D eigenvalue weighted by Gasteiger charge is 2.47. The molecule has 0 radical (unpaired) electrons. The number of rotatable bonds is 2. The lowest BCUT2D eigenvalue weighted by Crippen LogP contribution is -2.54. The molecule has 4 nitrogen and oxygen atoms in total. The van der Waals surface area contributed by atoms with Gasteiger partial charge in [0.15, 0.2) is 0 Å². The Bertz CT molecular complexity index is 661. The molecule has 0 N–H and O–H groups in total. The molecule has 1 saturated carbocycles. The number of hydrogen-bond donors (Lipinski definition) is 0. The third-order valence-corrected chi connectivity index (χ3v) is 7.58. The molecule has 3 fully saturated rings. The number of hydrogen-bond acceptors (Lipinski definition) is 3. The monoisotopic (exact) mass is 358 g/mol. The molecule has 1 aliphatic carbocycles. The van der Waals surface area contributed by atoms with Crippen molar-refractivity contribution in [3.63, 3.8) is 0 Å². The van der Waals surface area contributed by atoms with Crippen LogP contribution in [0.5, 0.6) is 0 Å². The second-order valence-corrected chi connectivity index (χ2v) is 9.03. The summed E-state index contributed by atoms with van der Waals surface area (Å²) in [4.78, 5) is 29.5. The highest BCUT2D eigenvalue weighted by atomic mass is 32.2. The Balaban J connectivity index is 1.45. The minimum absolute atomic E-state index is 0.113. The average Bonchev–Trinajstić information content (AvgIpc) is 2.97. The van der Waals surface area contributed by atoms with Crippen LogP contribution in [0.4, 0.5) is 0 Å². The predicted octanol–water partition coefficient (Wildman–Crippen LogP) is 3.30. The van der Waals surface area contributed by atoms with Crippen LogP contribution in [0.15, 0.2) is 24.3 Å². The maximum atomic E-state index is 13.0. The minimum atomic E-state index is -0.113. The van der Waals surface area contributed by atoms with E-state index < -0.39 is 0 Å². The first-order valence-corrected chi connectivity index (χ1v) is 10.4. The van der Waals surface area contributed by atoms with Gasteiger partial charge in [0, 0.05) is 36.9 Å². The number of carbonyl (C=O) groups excluding carboxylic acids is 2. The van der Waals surface area contributed by atoms with Crippen molar-refractivity contribution in [2.45, 2.75) is 43.9 Å². The normalized spacial score (nSPS) is 22.9. The van der Waals surface area contributed by atoms with E-state index in [0.29, 0.717) is 5.91 Å². The lowest BCUT2D eigenvalue weighted by molar-refractivity contribution is -0.139. The molecule has 2 saturated heterocycles. The van der Waals surface area contributed by atoms with Crippen molar-refractivity contribution in [3.05, 3.63) is 35.4 Å². The van der Waals surface area contributed by atoms with Crippen molar-refractivity contribution in [1.29, 1.82) is 0 Å². The van der Waals surface area contributed by atoms with Crippen LogP contribution >= 0.6 is 11.8 Å². The summed E-state index contributed by atoms with van der Waals surface area (Å²) in [6.45, 7) is 4.43. The molecule has 3 aliphatic rings. The van der Waals surface area contributed by atoms with Crippen LogP contribution in [0.3, 0.4) is 0 Å². The molecule has 25 heavy (non-hydrogen) atoms. The van der Waals surface area contributed by atoms with E-state index in [1.54, 1.807) is 0 Å². The molecule has 0 aromatic heterocycles. The van der Waals surface area contributed by atoms with Gasteiger partial charge in [-0.05, 0) is 44.7 Å². The highest BCUT2D eigenvalue weighted by molar-refractivity contribution is 8.00. The standard InChI is InChI=1S/C20H26N2O2S/c1-15-5-7-17(8-6-15)19(24)22-13-14-25-20(22)9-11-21(12-10-20)18(23)16-3-2-4-16/h5-8,16H,2-4,9-14H2,1H3. The smallest absolute Gasteiger partial charge is 0.254 e. The number of likely N-dealkylation sites (tertiary alicyclic amines) is 1. The van der Waals surface area contributed by atoms with Gasteiger partial charge in [-0.3, -0.25) is 9.59 Å². The SMILES string of the molecule is Cc1ccc(C(=O)N2CCSC23CCN(C(=O)C2CCC2)CC3)cc1. The molecule has 0 unspecified atom stereocenters. The number of thioether (sulfide) groups is 1. The summed E-state index contributed by atoms with van der Waals surface area (Å²) in [5.41, 5.74) is 1.95. The Labute approximate surface area is 153 Å². The maximum Gasteiger partial charge on any atom is 0.254 e. The third kappa shape index (κ3) is 3.07. The largest absolute Gasteiger partial charge is 0.342 e. The Kier molecular flexibility index (Phi) is 4.52. The van der Waals surface area contributed by atoms with E-state index in [2.05, 4.69) is 4.90 Å². The van der Waals surface area contributed by atoms with Crippen LogP contribution in [-0.4, -0.2) is 51.9 Å². The van der Waals surface area contributed by atoms with Crippen LogP contribution in [-0.2, 0) is 4.79 Å². The number of amides is 2. The predicted molar refractivity (Wildman–Crippen MR) is 101 cm³/mol. The molecule has 5 heteroatoms. The van der Waals surface area contributed by atoms with Gasteiger partial charge in [-0.15, -0.1) is 11.8 Å². The average molecular weight is 359 g/mol. The van der Waals surface area contributed by atoms with Gasteiger partial charge in [0.2, 0.25) is 5.91 Å². The summed E-state index contributed by atoms with van der Waals surface area (Å²) in [5.74, 6) is 1.76. The molecule has 134 valence electrons. The topological polar surface area (TPSA) is 40.6 Å². The second kappa shape index (κ2) is 6.67. The Morgan fingerprint density at radius 3 is 2.36 bits per heavy atom. The zero-order valence-corrected chi connectivity index (χ0v) is 15.7. The number of benzene rings is 1. The molecule has 1 spiro atoms. The first-order valence-electron chi connectivity index (χ1n) is 9.40. The van der Waals surface area contributed by atoms with Gasteiger partial charge in [-0.1, -0.05) is 24.1 Å². The van der Waals surface area contributed by atoms with Crippen molar-refractivity contribution in [1.82, 2.24) is 9.80 Å². The molecule has 2 amide bonds. The molecule has 2 heterocycles. The molecule has 0 bridgehead atoms. The molecule has 2 aliphatic heterocycles. The summed E-state index contributed by atoms with van der Waals surface area (Å²) in [6, 6.07) is 7.87. The minimum Gasteiger partial charge on any atom is -0.342 e. The van der Waals surface area contributed by atoms with Crippen LogP contribution < -0.4 is 0 Å². The number of aryl methyl sites for hydroxylation is 1. The number of nitrogens with zero attached hydrogens (tertiary/aromatic N) is 2. The van der Waals surface area contributed by atoms with Crippen molar-refractivity contribution in [2.24, 2.45) is 5.92 Å². The van der Waals surface area contributed by atoms with E-state index in [-0.39, 0.29) is 16.7 Å². The summed E-state index contributed by atoms with van der Waals surface area (Å²) in [5, 5.41) is 0. The van der Waals surface area contributed by atoms with Crippen molar-refractivity contribution < 1.29 is 9.59 Å². The van der Waals surface area contributed by atoms with Crippen LogP contribution in [0.25, 0.3) is 0 Å². The maximum absolute atomic E-state index is 13.0. The lowest BCUT2D eigenvalue weighted by atomic mass is 9.84. The zero-order valence-electron chi connectivity index (χ0n) is 14.9. The Morgan fingerprint density at radius 2 is 1.76 bits per heavy atom. The second-order valence-electron chi connectivity index (χ2n) is 7.57. The quantitative estimate of drug-likeness (QED) is 0.814. The first kappa shape index (κ1) is 17.0. The summed E-state index contributed by atoms with van der Waals surface area (Å²) in [7, 11) is 0. The van der Waals surface area contributed by atoms with Crippen molar-refractivity contribution in [2.75, 3.05) is 25.4 Å². The van der Waals surface area contributed by atoms with Crippen LogP contribution in [0.2, 0.25) is 0 Å². The lowest BCUT2D eigenvalue weighted by Gasteiger charge is -2.45. The first-order chi connectivity index (χ1) is 12.1. The van der Waals surface area contributed by atoms with Gasteiger partial charge in [-0.25, -0.2) is 0 Å². The van der Waals surface area contributed by atoms with E-state index in [1.165, 1.54) is 12.0 Å². The fourth-order valence-electron chi connectivity index (χ4n) is 4.15. The Hall–Kier alpha value is -1.49. The van der Waals surface area contributed by atoms with Gasteiger partial charge in [0.05, 0.1) is 4.87 Å². The van der Waals surface area contributed by atoms with Crippen LogP contribution in [0, 0.1) is 12.8 Å². The fraction of sp³-hybridized carbons (Fsp3) is 0.600. The zero-order chi connectivity index (χ0) is 17.4. The molecule has 1 aromatic carbocycles. The highest BCUT2D eigenvalue weighted by Crippen LogP contribution is 2.45. The van der Waals surface area contributed by atoms with Crippen molar-refractivity contribution >= 4 is 23.6 Å². The third-order valence-electron chi connectivity index (χ3n) is 6.03. The van der Waals surface area contributed by atoms with Gasteiger partial charge in [0.25, 0.3) is 5.91 Å². The summed E-state index contributed by atoms with van der Waals surface area (Å²) >= 11 is 1.91. The van der Waals surface area contributed by atoms with E-state index in [1.807, 2.05) is 47.9 Å². The molecule has 1 aromatic rings. The van der Waals surface area contributed by atoms with Crippen molar-refractivity contribution in [3.8, 4) is 0 Å². The van der Waals surface area contributed by atoms with Gasteiger partial charge < -0.3 is 9.80 Å². The molecular weight excluding hydrogens is 332 g/mol. The van der Waals surface area contributed by atoms with Crippen LogP contribution in [0.1, 0.15) is 48.0 Å². The summed E-state index contributed by atoms with van der Waals surface area (Å²) < 4.78 is 0. The number of carbonyl (C=O) groups is 2. The number of piperidine rings is 1. The van der Waals surface area contributed by atoms with E-state index in [0.717, 1.165) is 56.6 Å². The van der Waals surface area contributed by atoms with E-state index >= 15 is 0 Å². The molecule has 0 atom stereocenters. The summed E-state index contributed by atoms with van der Waals surface area (Å²) in [6.07, 6.45) is 5.12.